The van der Waals surface area contributed by atoms with Gasteiger partial charge in [0.1, 0.15) is 0 Å². The Kier molecular flexibility index (Phi) is 14.4. The van der Waals surface area contributed by atoms with Gasteiger partial charge in [-0.15, -0.1) is 0 Å². The van der Waals surface area contributed by atoms with Crippen LogP contribution >= 0.6 is 0 Å². The van der Waals surface area contributed by atoms with E-state index >= 15 is 0 Å². The Labute approximate surface area is 104 Å². The summed E-state index contributed by atoms with van der Waals surface area (Å²) in [5, 5.41) is 24.9. The first-order valence-corrected chi connectivity index (χ1v) is 6.16. The van der Waals surface area contributed by atoms with E-state index in [1.165, 1.54) is 32.6 Å². The van der Waals surface area contributed by atoms with Crippen LogP contribution < -0.4 is 0 Å². The van der Waals surface area contributed by atoms with Crippen LogP contribution in [0.4, 0.5) is 0 Å². The Morgan fingerprint density at radius 2 is 1.53 bits per heavy atom. The lowest BCUT2D eigenvalue weighted by molar-refractivity contribution is -0.132. The summed E-state index contributed by atoms with van der Waals surface area (Å²) in [7, 11) is 0. The van der Waals surface area contributed by atoms with Gasteiger partial charge < -0.3 is 15.3 Å². The summed E-state index contributed by atoms with van der Waals surface area (Å²) in [6.45, 7) is 6.79. The van der Waals surface area contributed by atoms with E-state index in [1.54, 1.807) is 0 Å². The van der Waals surface area contributed by atoms with Crippen LogP contribution in [0.5, 0.6) is 0 Å². The summed E-state index contributed by atoms with van der Waals surface area (Å²) >= 11 is 0. The highest BCUT2D eigenvalue weighted by atomic mass is 16.5. The van der Waals surface area contributed by atoms with Gasteiger partial charge in [-0.3, -0.25) is 0 Å². The van der Waals surface area contributed by atoms with E-state index in [0.717, 1.165) is 12.8 Å². The van der Waals surface area contributed by atoms with Crippen molar-refractivity contribution in [2.75, 3.05) is 0 Å². The van der Waals surface area contributed by atoms with Crippen LogP contribution in [0, 0.1) is 0 Å². The Morgan fingerprint density at radius 1 is 1.12 bits per heavy atom. The van der Waals surface area contributed by atoms with Gasteiger partial charge in [-0.05, 0) is 19.8 Å². The summed E-state index contributed by atoms with van der Waals surface area (Å²) in [4.78, 5) is 9.60. The molecule has 0 fully saturated rings. The maximum absolute atomic E-state index is 9.60. The number of aliphatic hydroxyl groups excluding tert-OH is 1. The molecule has 102 valence electrons. The zero-order valence-corrected chi connectivity index (χ0v) is 11.0. The summed E-state index contributed by atoms with van der Waals surface area (Å²) < 4.78 is 0. The summed E-state index contributed by atoms with van der Waals surface area (Å²) in [5.74, 6) is -0.935. The van der Waals surface area contributed by atoms with E-state index in [-0.39, 0.29) is 5.57 Å². The highest BCUT2D eigenvalue weighted by Gasteiger charge is 1.95. The molecule has 0 heterocycles. The number of carboxylic acids is 1. The molecular weight excluding hydrogens is 220 g/mol. The van der Waals surface area contributed by atoms with E-state index in [1.807, 2.05) is 0 Å². The third-order valence-corrected chi connectivity index (χ3v) is 2.18. The van der Waals surface area contributed by atoms with Crippen molar-refractivity contribution in [2.45, 2.75) is 65.1 Å². The van der Waals surface area contributed by atoms with Crippen LogP contribution in [0.15, 0.2) is 12.2 Å². The van der Waals surface area contributed by atoms with Crippen molar-refractivity contribution in [3.63, 3.8) is 0 Å². The number of carbonyl (C=O) groups is 1. The van der Waals surface area contributed by atoms with Crippen molar-refractivity contribution >= 4 is 5.97 Å². The number of hydrogen-bond acceptors (Lipinski definition) is 3. The first-order valence-electron chi connectivity index (χ1n) is 6.16. The lowest BCUT2D eigenvalue weighted by Gasteiger charge is -2.02. The minimum absolute atomic E-state index is 0.176. The minimum Gasteiger partial charge on any atom is -0.478 e. The fourth-order valence-corrected chi connectivity index (χ4v) is 1.11. The van der Waals surface area contributed by atoms with Crippen molar-refractivity contribution in [3.05, 3.63) is 12.2 Å². The fourth-order valence-electron chi connectivity index (χ4n) is 1.11. The molecule has 0 aromatic rings. The Balaban J connectivity index is 0. The third-order valence-electron chi connectivity index (χ3n) is 2.18. The molecule has 0 aliphatic heterocycles. The van der Waals surface area contributed by atoms with E-state index < -0.39 is 12.3 Å². The number of hydrogen-bond donors (Lipinski definition) is 3. The first kappa shape index (κ1) is 18.5. The largest absolute Gasteiger partial charge is 0.478 e. The smallest absolute Gasteiger partial charge is 0.330 e. The first-order chi connectivity index (χ1) is 7.91. The molecule has 0 atom stereocenters. The second kappa shape index (κ2) is 13.2. The standard InChI is InChI=1S/C9H20O2.C4H6O2/c1-2-3-4-5-6-7-8-9(10)11;1-3(2)4(5)6/h9-11H,2-8H2,1H3;1H2,2H3,(H,5,6). The molecule has 0 bridgehead atoms. The number of aliphatic carboxylic acids is 1. The predicted octanol–water partition coefficient (Wildman–Crippen LogP) is 2.69. The zero-order valence-electron chi connectivity index (χ0n) is 11.0. The molecule has 4 heteroatoms. The van der Waals surface area contributed by atoms with Crippen molar-refractivity contribution < 1.29 is 20.1 Å². The topological polar surface area (TPSA) is 77.8 Å². The SMILES string of the molecule is C=C(C)C(=O)O.CCCCCCCCC(O)O. The van der Waals surface area contributed by atoms with E-state index in [2.05, 4.69) is 13.5 Å². The quantitative estimate of drug-likeness (QED) is 0.349. The molecular formula is C13H26O4. The third kappa shape index (κ3) is 21.1. The van der Waals surface area contributed by atoms with Gasteiger partial charge in [0.05, 0.1) is 0 Å². The lowest BCUT2D eigenvalue weighted by Crippen LogP contribution is -2.02. The van der Waals surface area contributed by atoms with Gasteiger partial charge in [0, 0.05) is 5.57 Å². The molecule has 0 aromatic heterocycles. The molecule has 4 nitrogen and oxygen atoms in total. The highest BCUT2D eigenvalue weighted by Crippen LogP contribution is 2.07. The number of rotatable bonds is 8. The van der Waals surface area contributed by atoms with Crippen molar-refractivity contribution in [2.24, 2.45) is 0 Å². The van der Waals surface area contributed by atoms with Crippen LogP contribution in [-0.2, 0) is 4.79 Å². The summed E-state index contributed by atoms with van der Waals surface area (Å²) in [5.41, 5.74) is 0.176. The molecule has 0 radical (unpaired) electrons. The molecule has 0 spiro atoms. The lowest BCUT2D eigenvalue weighted by atomic mass is 10.1. The molecule has 0 rings (SSSR count). The maximum atomic E-state index is 9.60. The second-order valence-electron chi connectivity index (χ2n) is 4.12. The van der Waals surface area contributed by atoms with Crippen molar-refractivity contribution in [3.8, 4) is 0 Å². The van der Waals surface area contributed by atoms with Crippen LogP contribution in [0.3, 0.4) is 0 Å². The van der Waals surface area contributed by atoms with Crippen LogP contribution in [-0.4, -0.2) is 27.6 Å². The Hall–Kier alpha value is -0.870. The predicted molar refractivity (Wildman–Crippen MR) is 68.7 cm³/mol. The van der Waals surface area contributed by atoms with E-state index in [0.29, 0.717) is 6.42 Å². The van der Waals surface area contributed by atoms with Gasteiger partial charge in [-0.2, -0.15) is 0 Å². The number of aliphatic hydroxyl groups is 2. The molecule has 0 saturated carbocycles. The molecule has 17 heavy (non-hydrogen) atoms. The van der Waals surface area contributed by atoms with Gasteiger partial charge in [0.15, 0.2) is 6.29 Å². The van der Waals surface area contributed by atoms with Gasteiger partial charge in [0.25, 0.3) is 0 Å². The summed E-state index contributed by atoms with van der Waals surface area (Å²) in [6, 6.07) is 0. The monoisotopic (exact) mass is 246 g/mol. The summed E-state index contributed by atoms with van der Waals surface area (Å²) in [6.07, 6.45) is 6.62. The van der Waals surface area contributed by atoms with E-state index in [4.69, 9.17) is 15.3 Å². The molecule has 0 aromatic carbocycles. The molecule has 0 aliphatic rings. The second-order valence-corrected chi connectivity index (χ2v) is 4.12. The van der Waals surface area contributed by atoms with Gasteiger partial charge in [-0.1, -0.05) is 45.6 Å². The molecule has 0 amide bonds. The Bertz CT molecular complexity index is 188. The van der Waals surface area contributed by atoms with Gasteiger partial charge in [-0.25, -0.2) is 4.79 Å². The van der Waals surface area contributed by atoms with Gasteiger partial charge >= 0.3 is 5.97 Å². The average Bonchev–Trinajstić information content (AvgIpc) is 2.23. The van der Waals surface area contributed by atoms with Crippen LogP contribution in [0.2, 0.25) is 0 Å². The molecule has 0 saturated heterocycles. The number of unbranched alkanes of at least 4 members (excludes halogenated alkanes) is 5. The fraction of sp³-hybridized carbons (Fsp3) is 0.769. The highest BCUT2D eigenvalue weighted by molar-refractivity contribution is 5.84. The normalized spacial score (nSPS) is 9.71. The maximum Gasteiger partial charge on any atom is 0.330 e. The molecule has 3 N–H and O–H groups in total. The zero-order chi connectivity index (χ0) is 13.7. The van der Waals surface area contributed by atoms with Crippen LogP contribution in [0.25, 0.3) is 0 Å². The molecule has 0 aliphatic carbocycles. The van der Waals surface area contributed by atoms with E-state index in [9.17, 15) is 4.79 Å². The van der Waals surface area contributed by atoms with Crippen LogP contribution in [0.1, 0.15) is 58.8 Å². The molecule has 0 unspecified atom stereocenters. The Morgan fingerprint density at radius 3 is 1.88 bits per heavy atom. The van der Waals surface area contributed by atoms with Gasteiger partial charge in [0.2, 0.25) is 0 Å². The van der Waals surface area contributed by atoms with Crippen molar-refractivity contribution in [1.29, 1.82) is 0 Å². The number of carboxylic acid groups (broad SMARTS) is 1. The minimum atomic E-state index is -1.10. The average molecular weight is 246 g/mol. The van der Waals surface area contributed by atoms with Crippen molar-refractivity contribution in [1.82, 2.24) is 0 Å².